The van der Waals surface area contributed by atoms with Crippen molar-refractivity contribution in [2.24, 2.45) is 5.92 Å². The Balaban J connectivity index is 2.86. The minimum Gasteiger partial charge on any atom is -0.481 e. The first-order chi connectivity index (χ1) is 10.4. The smallest absolute Gasteiger partial charge is 0.481 e. The second kappa shape index (κ2) is 6.89. The molecule has 1 aromatic carbocycles. The van der Waals surface area contributed by atoms with Gasteiger partial charge in [-0.3, -0.25) is 9.59 Å². The zero-order chi connectivity index (χ0) is 17.8. The molecule has 1 unspecified atom stereocenters. The number of aliphatic carboxylic acids is 1. The van der Waals surface area contributed by atoms with Crippen LogP contribution in [0.5, 0.6) is 5.75 Å². The summed E-state index contributed by atoms with van der Waals surface area (Å²) >= 11 is 0. The average Bonchev–Trinajstić information content (AvgIpc) is 2.36. The van der Waals surface area contributed by atoms with E-state index in [4.69, 9.17) is 5.11 Å². The SMILES string of the molecule is CC(C)C(C)(CC(=O)O)NC(=O)c1ccc(OC(F)(F)F)cc1. The number of hydrogen-bond donors (Lipinski definition) is 2. The fourth-order valence-electron chi connectivity index (χ4n) is 1.85. The Morgan fingerprint density at radius 2 is 1.74 bits per heavy atom. The summed E-state index contributed by atoms with van der Waals surface area (Å²) in [5.74, 6) is -2.22. The fourth-order valence-corrected chi connectivity index (χ4v) is 1.85. The van der Waals surface area contributed by atoms with Crippen molar-refractivity contribution in [1.29, 1.82) is 0 Å². The number of carboxylic acids is 1. The zero-order valence-corrected chi connectivity index (χ0v) is 12.9. The van der Waals surface area contributed by atoms with E-state index in [1.54, 1.807) is 20.8 Å². The summed E-state index contributed by atoms with van der Waals surface area (Å²) in [6, 6.07) is 4.40. The Hall–Kier alpha value is -2.25. The minimum atomic E-state index is -4.80. The molecule has 2 N–H and O–H groups in total. The molecule has 0 radical (unpaired) electrons. The summed E-state index contributed by atoms with van der Waals surface area (Å²) in [5.41, 5.74) is -0.874. The Kier molecular flexibility index (Phi) is 5.63. The topological polar surface area (TPSA) is 75.6 Å². The quantitative estimate of drug-likeness (QED) is 0.838. The van der Waals surface area contributed by atoms with Gasteiger partial charge in [0, 0.05) is 5.56 Å². The lowest BCUT2D eigenvalue weighted by Crippen LogP contribution is -2.51. The number of carbonyl (C=O) groups excluding carboxylic acids is 1. The van der Waals surface area contributed by atoms with Gasteiger partial charge in [0.05, 0.1) is 12.0 Å². The van der Waals surface area contributed by atoms with Gasteiger partial charge in [-0.15, -0.1) is 13.2 Å². The van der Waals surface area contributed by atoms with Gasteiger partial charge in [0.1, 0.15) is 5.75 Å². The van der Waals surface area contributed by atoms with E-state index in [0.717, 1.165) is 12.1 Å². The number of ether oxygens (including phenoxy) is 1. The van der Waals surface area contributed by atoms with Crippen LogP contribution in [0.2, 0.25) is 0 Å². The zero-order valence-electron chi connectivity index (χ0n) is 12.9. The summed E-state index contributed by atoms with van der Waals surface area (Å²) in [6.45, 7) is 5.14. The summed E-state index contributed by atoms with van der Waals surface area (Å²) in [6.07, 6.45) is -5.08. The Labute approximate surface area is 131 Å². The number of carbonyl (C=O) groups is 2. The number of hydrogen-bond acceptors (Lipinski definition) is 3. The third-order valence-corrected chi connectivity index (χ3v) is 3.54. The summed E-state index contributed by atoms with van der Waals surface area (Å²) in [5, 5.41) is 11.6. The van der Waals surface area contributed by atoms with Crippen LogP contribution in [0.3, 0.4) is 0 Å². The highest BCUT2D eigenvalue weighted by Crippen LogP contribution is 2.24. The van der Waals surface area contributed by atoms with Gasteiger partial charge >= 0.3 is 12.3 Å². The second-order valence-corrected chi connectivity index (χ2v) is 5.67. The molecular weight excluding hydrogens is 315 g/mol. The molecular formula is C15H18F3NO4. The molecule has 0 saturated heterocycles. The normalized spacial score (nSPS) is 14.2. The maximum absolute atomic E-state index is 12.2. The third-order valence-electron chi connectivity index (χ3n) is 3.54. The number of nitrogens with one attached hydrogen (secondary N) is 1. The van der Waals surface area contributed by atoms with E-state index in [1.165, 1.54) is 12.1 Å². The largest absolute Gasteiger partial charge is 0.573 e. The number of carboxylic acid groups (broad SMARTS) is 1. The lowest BCUT2D eigenvalue weighted by Gasteiger charge is -2.33. The molecule has 1 rings (SSSR count). The van der Waals surface area contributed by atoms with E-state index in [-0.39, 0.29) is 17.9 Å². The number of benzene rings is 1. The van der Waals surface area contributed by atoms with Gasteiger partial charge in [-0.25, -0.2) is 0 Å². The van der Waals surface area contributed by atoms with Gasteiger partial charge in [0.25, 0.3) is 5.91 Å². The molecule has 0 saturated carbocycles. The van der Waals surface area contributed by atoms with Crippen LogP contribution in [0, 0.1) is 5.92 Å². The van der Waals surface area contributed by atoms with E-state index in [2.05, 4.69) is 10.1 Å². The molecule has 0 heterocycles. The van der Waals surface area contributed by atoms with Crippen LogP contribution in [0.25, 0.3) is 0 Å². The van der Waals surface area contributed by atoms with Gasteiger partial charge < -0.3 is 15.2 Å². The summed E-state index contributed by atoms with van der Waals surface area (Å²) < 4.78 is 39.9. The van der Waals surface area contributed by atoms with Crippen molar-refractivity contribution in [3.8, 4) is 5.75 Å². The van der Waals surface area contributed by atoms with Crippen molar-refractivity contribution in [3.05, 3.63) is 29.8 Å². The van der Waals surface area contributed by atoms with E-state index in [9.17, 15) is 22.8 Å². The lowest BCUT2D eigenvalue weighted by molar-refractivity contribution is -0.274. The predicted molar refractivity (Wildman–Crippen MR) is 76.1 cm³/mol. The van der Waals surface area contributed by atoms with E-state index < -0.39 is 29.5 Å². The molecule has 0 aliphatic rings. The van der Waals surface area contributed by atoms with Crippen molar-refractivity contribution in [1.82, 2.24) is 5.32 Å². The van der Waals surface area contributed by atoms with Crippen molar-refractivity contribution in [2.75, 3.05) is 0 Å². The first kappa shape index (κ1) is 18.8. The van der Waals surface area contributed by atoms with Crippen molar-refractivity contribution in [3.63, 3.8) is 0 Å². The predicted octanol–water partition coefficient (Wildman–Crippen LogP) is 3.20. The Bertz CT molecular complexity index is 569. The highest BCUT2D eigenvalue weighted by atomic mass is 19.4. The van der Waals surface area contributed by atoms with Crippen LogP contribution >= 0.6 is 0 Å². The fraction of sp³-hybridized carbons (Fsp3) is 0.467. The maximum Gasteiger partial charge on any atom is 0.573 e. The van der Waals surface area contributed by atoms with Crippen LogP contribution in [0.15, 0.2) is 24.3 Å². The lowest BCUT2D eigenvalue weighted by atomic mass is 9.85. The Morgan fingerprint density at radius 1 is 1.22 bits per heavy atom. The summed E-state index contributed by atoms with van der Waals surface area (Å²) in [7, 11) is 0. The molecule has 0 spiro atoms. The molecule has 5 nitrogen and oxygen atoms in total. The molecule has 1 aromatic rings. The number of amides is 1. The van der Waals surface area contributed by atoms with Gasteiger partial charge in [0.15, 0.2) is 0 Å². The highest BCUT2D eigenvalue weighted by molar-refractivity contribution is 5.95. The molecule has 0 bridgehead atoms. The number of rotatable bonds is 6. The number of halogens is 3. The van der Waals surface area contributed by atoms with E-state index in [0.29, 0.717) is 0 Å². The summed E-state index contributed by atoms with van der Waals surface area (Å²) in [4.78, 5) is 23.1. The van der Waals surface area contributed by atoms with E-state index in [1.807, 2.05) is 0 Å². The first-order valence-electron chi connectivity index (χ1n) is 6.83. The van der Waals surface area contributed by atoms with Gasteiger partial charge in [-0.05, 0) is 37.1 Å². The van der Waals surface area contributed by atoms with Crippen LogP contribution in [-0.2, 0) is 4.79 Å². The van der Waals surface area contributed by atoms with Gasteiger partial charge in [0.2, 0.25) is 0 Å². The molecule has 0 aliphatic carbocycles. The van der Waals surface area contributed by atoms with Crippen molar-refractivity contribution >= 4 is 11.9 Å². The van der Waals surface area contributed by atoms with Gasteiger partial charge in [-0.1, -0.05) is 13.8 Å². The molecule has 0 fully saturated rings. The van der Waals surface area contributed by atoms with Crippen LogP contribution < -0.4 is 10.1 Å². The van der Waals surface area contributed by atoms with Gasteiger partial charge in [-0.2, -0.15) is 0 Å². The van der Waals surface area contributed by atoms with Crippen LogP contribution in [0.1, 0.15) is 37.6 Å². The molecule has 128 valence electrons. The number of alkyl halides is 3. The van der Waals surface area contributed by atoms with Crippen LogP contribution in [0.4, 0.5) is 13.2 Å². The van der Waals surface area contributed by atoms with E-state index >= 15 is 0 Å². The molecule has 0 aliphatic heterocycles. The minimum absolute atomic E-state index is 0.108. The second-order valence-electron chi connectivity index (χ2n) is 5.67. The van der Waals surface area contributed by atoms with Crippen molar-refractivity contribution < 1.29 is 32.6 Å². The van der Waals surface area contributed by atoms with Crippen LogP contribution in [-0.4, -0.2) is 28.9 Å². The molecule has 1 amide bonds. The highest BCUT2D eigenvalue weighted by Gasteiger charge is 2.33. The molecule has 1 atom stereocenters. The average molecular weight is 333 g/mol. The monoisotopic (exact) mass is 333 g/mol. The first-order valence-corrected chi connectivity index (χ1v) is 6.83. The molecule has 0 aromatic heterocycles. The standard InChI is InChI=1S/C15H18F3NO4/c1-9(2)14(3,8-12(20)21)19-13(22)10-4-6-11(7-5-10)23-15(16,17)18/h4-7,9H,8H2,1-3H3,(H,19,22)(H,20,21). The molecule has 23 heavy (non-hydrogen) atoms. The van der Waals surface area contributed by atoms with Crippen molar-refractivity contribution in [2.45, 2.75) is 39.1 Å². The Morgan fingerprint density at radius 3 is 2.13 bits per heavy atom. The maximum atomic E-state index is 12.2. The molecule has 8 heteroatoms. The third kappa shape index (κ3) is 5.80.